The molecule has 0 aromatic heterocycles. The van der Waals surface area contributed by atoms with Crippen molar-refractivity contribution in [2.75, 3.05) is 18.0 Å². The fourth-order valence-corrected chi connectivity index (χ4v) is 6.65. The van der Waals surface area contributed by atoms with E-state index in [-0.39, 0.29) is 23.6 Å². The number of sulfonamides is 1. The molecule has 0 radical (unpaired) electrons. The zero-order chi connectivity index (χ0) is 22.5. The average molecular weight is 471 g/mol. The van der Waals surface area contributed by atoms with Crippen LogP contribution < -0.4 is 4.90 Å². The Labute approximate surface area is 192 Å². The maximum absolute atomic E-state index is 13.5. The molecule has 2 heterocycles. The highest BCUT2D eigenvalue weighted by Gasteiger charge is 2.38. The van der Waals surface area contributed by atoms with Crippen LogP contribution in [0.15, 0.2) is 59.5 Å². The third-order valence-electron chi connectivity index (χ3n) is 6.35. The number of rotatable bonds is 3. The lowest BCUT2D eigenvalue weighted by Crippen LogP contribution is -2.50. The molecule has 0 unspecified atom stereocenters. The monoisotopic (exact) mass is 470 g/mol. The molecule has 0 N–H and O–H groups in total. The average Bonchev–Trinajstić information content (AvgIpc) is 2.80. The number of amides is 1. The Bertz CT molecular complexity index is 1320. The molecule has 1 saturated heterocycles. The van der Waals surface area contributed by atoms with E-state index >= 15 is 0 Å². The molecule has 0 saturated carbocycles. The molecule has 1 amide bonds. The van der Waals surface area contributed by atoms with Crippen LogP contribution in [0.3, 0.4) is 0 Å². The highest BCUT2D eigenvalue weighted by molar-refractivity contribution is 7.89. The van der Waals surface area contributed by atoms with Gasteiger partial charge in [0, 0.05) is 40.5 Å². The molecule has 32 heavy (non-hydrogen) atoms. The standard InChI is InChI=1S/C24H23ClN2O4S/c1-16-5-4-6-17-15-31-24(28)27(23(16)17)18-11-13-26(14-12-18)32(29,30)22-10-9-21(25)19-7-2-3-8-20(19)22/h2-10,18H,11-15H2,1H3. The predicted molar refractivity (Wildman–Crippen MR) is 125 cm³/mol. The smallest absolute Gasteiger partial charge is 0.414 e. The first-order valence-electron chi connectivity index (χ1n) is 10.6. The zero-order valence-electron chi connectivity index (χ0n) is 17.6. The number of carbonyl (C=O) groups excluding carboxylic acids is 1. The summed E-state index contributed by atoms with van der Waals surface area (Å²) in [4.78, 5) is 14.6. The van der Waals surface area contributed by atoms with Crippen LogP contribution in [-0.2, 0) is 21.4 Å². The van der Waals surface area contributed by atoms with E-state index in [4.69, 9.17) is 16.3 Å². The summed E-state index contributed by atoms with van der Waals surface area (Å²) in [6, 6.07) is 16.3. The molecular formula is C24H23ClN2O4S. The second-order valence-electron chi connectivity index (χ2n) is 8.23. The van der Waals surface area contributed by atoms with E-state index in [0.717, 1.165) is 16.8 Å². The number of ether oxygens (including phenoxy) is 1. The first kappa shape index (κ1) is 21.2. The molecule has 3 aromatic rings. The summed E-state index contributed by atoms with van der Waals surface area (Å²) < 4.78 is 33.9. The zero-order valence-corrected chi connectivity index (χ0v) is 19.2. The Balaban J connectivity index is 1.41. The van der Waals surface area contributed by atoms with Gasteiger partial charge in [-0.2, -0.15) is 4.31 Å². The third kappa shape index (κ3) is 3.45. The van der Waals surface area contributed by atoms with Crippen LogP contribution in [0.4, 0.5) is 10.5 Å². The van der Waals surface area contributed by atoms with Gasteiger partial charge in [0.15, 0.2) is 0 Å². The summed E-state index contributed by atoms with van der Waals surface area (Å²) >= 11 is 6.28. The van der Waals surface area contributed by atoms with E-state index in [1.165, 1.54) is 4.31 Å². The topological polar surface area (TPSA) is 66.9 Å². The summed E-state index contributed by atoms with van der Waals surface area (Å²) in [6.45, 7) is 2.91. The van der Waals surface area contributed by atoms with Crippen molar-refractivity contribution in [2.45, 2.75) is 37.3 Å². The number of benzene rings is 3. The molecule has 166 valence electrons. The minimum absolute atomic E-state index is 0.115. The Hall–Kier alpha value is -2.61. The van der Waals surface area contributed by atoms with Gasteiger partial charge in [-0.05, 0) is 37.5 Å². The second kappa shape index (κ2) is 8.06. The Morgan fingerprint density at radius 1 is 0.969 bits per heavy atom. The Morgan fingerprint density at radius 3 is 2.44 bits per heavy atom. The summed E-state index contributed by atoms with van der Waals surface area (Å²) in [5, 5.41) is 1.86. The van der Waals surface area contributed by atoms with Gasteiger partial charge in [0.2, 0.25) is 10.0 Å². The van der Waals surface area contributed by atoms with E-state index in [2.05, 4.69) is 0 Å². The second-order valence-corrected chi connectivity index (χ2v) is 10.5. The number of hydrogen-bond acceptors (Lipinski definition) is 4. The lowest BCUT2D eigenvalue weighted by molar-refractivity contribution is 0.135. The molecule has 0 bridgehead atoms. The van der Waals surface area contributed by atoms with Crippen molar-refractivity contribution in [3.8, 4) is 0 Å². The van der Waals surface area contributed by atoms with Crippen molar-refractivity contribution >= 4 is 44.2 Å². The van der Waals surface area contributed by atoms with Gasteiger partial charge in [0.25, 0.3) is 0 Å². The van der Waals surface area contributed by atoms with Gasteiger partial charge in [0.1, 0.15) is 6.61 Å². The molecule has 5 rings (SSSR count). The van der Waals surface area contributed by atoms with Gasteiger partial charge in [-0.15, -0.1) is 0 Å². The number of carbonyl (C=O) groups is 1. The normalized spacial score (nSPS) is 17.9. The minimum Gasteiger partial charge on any atom is -0.444 e. The highest BCUT2D eigenvalue weighted by Crippen LogP contribution is 2.36. The van der Waals surface area contributed by atoms with Crippen LogP contribution in [0.2, 0.25) is 5.02 Å². The number of fused-ring (bicyclic) bond motifs is 2. The summed E-state index contributed by atoms with van der Waals surface area (Å²) in [5.41, 5.74) is 2.89. The Kier molecular flexibility index (Phi) is 5.35. The number of nitrogens with zero attached hydrogens (tertiary/aromatic N) is 2. The van der Waals surface area contributed by atoms with Crippen LogP contribution in [0.25, 0.3) is 10.8 Å². The van der Waals surface area contributed by atoms with Crippen molar-refractivity contribution in [1.82, 2.24) is 4.31 Å². The van der Waals surface area contributed by atoms with E-state index in [9.17, 15) is 13.2 Å². The molecule has 2 aliphatic rings. The Morgan fingerprint density at radius 2 is 1.69 bits per heavy atom. The van der Waals surface area contributed by atoms with Crippen molar-refractivity contribution in [1.29, 1.82) is 0 Å². The molecule has 3 aromatic carbocycles. The third-order valence-corrected chi connectivity index (χ3v) is 8.63. The summed E-state index contributed by atoms with van der Waals surface area (Å²) in [6.07, 6.45) is 0.707. The number of piperidine rings is 1. The first-order chi connectivity index (χ1) is 15.4. The SMILES string of the molecule is Cc1cccc2c1N(C1CCN(S(=O)(=O)c3ccc(Cl)c4ccccc34)CC1)C(=O)OC2. The van der Waals surface area contributed by atoms with E-state index in [1.807, 2.05) is 43.3 Å². The number of aryl methyl sites for hydroxylation is 1. The van der Waals surface area contributed by atoms with Gasteiger partial charge in [-0.3, -0.25) is 4.90 Å². The predicted octanol–water partition coefficient (Wildman–Crippen LogP) is 5.11. The van der Waals surface area contributed by atoms with Crippen molar-refractivity contribution in [2.24, 2.45) is 0 Å². The van der Waals surface area contributed by atoms with Gasteiger partial charge in [0.05, 0.1) is 10.6 Å². The van der Waals surface area contributed by atoms with Crippen molar-refractivity contribution in [3.63, 3.8) is 0 Å². The number of para-hydroxylation sites is 1. The number of halogens is 1. The molecule has 2 aliphatic heterocycles. The van der Waals surface area contributed by atoms with E-state index in [1.54, 1.807) is 23.1 Å². The summed E-state index contributed by atoms with van der Waals surface area (Å²) in [7, 11) is -3.70. The van der Waals surface area contributed by atoms with Crippen LogP contribution in [0, 0.1) is 6.92 Å². The van der Waals surface area contributed by atoms with Gasteiger partial charge in [-0.25, -0.2) is 13.2 Å². The molecule has 0 spiro atoms. The lowest BCUT2D eigenvalue weighted by Gasteiger charge is -2.40. The maximum Gasteiger partial charge on any atom is 0.414 e. The maximum atomic E-state index is 13.5. The summed E-state index contributed by atoms with van der Waals surface area (Å²) in [5.74, 6) is 0. The first-order valence-corrected chi connectivity index (χ1v) is 12.4. The quantitative estimate of drug-likeness (QED) is 0.533. The van der Waals surface area contributed by atoms with Gasteiger partial charge in [-0.1, -0.05) is 54.1 Å². The highest BCUT2D eigenvalue weighted by atomic mass is 35.5. The van der Waals surface area contributed by atoms with Gasteiger partial charge >= 0.3 is 6.09 Å². The van der Waals surface area contributed by atoms with Crippen LogP contribution in [0.5, 0.6) is 0 Å². The van der Waals surface area contributed by atoms with Crippen LogP contribution >= 0.6 is 11.6 Å². The minimum atomic E-state index is -3.70. The molecule has 6 nitrogen and oxygen atoms in total. The van der Waals surface area contributed by atoms with Crippen molar-refractivity contribution in [3.05, 3.63) is 70.7 Å². The lowest BCUT2D eigenvalue weighted by atomic mass is 10.00. The van der Waals surface area contributed by atoms with Crippen LogP contribution in [-0.4, -0.2) is 37.9 Å². The molecule has 8 heteroatoms. The molecule has 0 atom stereocenters. The van der Waals surface area contributed by atoms with E-state index in [0.29, 0.717) is 41.7 Å². The van der Waals surface area contributed by atoms with Crippen molar-refractivity contribution < 1.29 is 17.9 Å². The fraction of sp³-hybridized carbons (Fsp3) is 0.292. The molecule has 0 aliphatic carbocycles. The number of cyclic esters (lactones) is 1. The molecule has 1 fully saturated rings. The van der Waals surface area contributed by atoms with E-state index < -0.39 is 10.0 Å². The number of hydrogen-bond donors (Lipinski definition) is 0. The fourth-order valence-electron chi connectivity index (χ4n) is 4.75. The van der Waals surface area contributed by atoms with Crippen LogP contribution in [0.1, 0.15) is 24.0 Å². The number of anilines is 1. The largest absolute Gasteiger partial charge is 0.444 e. The van der Waals surface area contributed by atoms with Gasteiger partial charge < -0.3 is 4.74 Å². The molecular weight excluding hydrogens is 448 g/mol.